The summed E-state index contributed by atoms with van der Waals surface area (Å²) >= 11 is 1.37. The molecule has 0 bridgehead atoms. The Bertz CT molecular complexity index is 312. The number of nitrogens with zero attached hydrogens (tertiary/aromatic N) is 2. The molecule has 88 valence electrons. The Morgan fingerprint density at radius 2 is 2.19 bits per heavy atom. The van der Waals surface area contributed by atoms with Crippen LogP contribution in [0.3, 0.4) is 0 Å². The van der Waals surface area contributed by atoms with E-state index in [1.165, 1.54) is 11.8 Å². The van der Waals surface area contributed by atoms with Crippen molar-refractivity contribution >= 4 is 16.9 Å². The molecule has 0 unspecified atom stereocenters. The second-order valence-electron chi connectivity index (χ2n) is 3.40. The van der Waals surface area contributed by atoms with E-state index in [-0.39, 0.29) is 5.12 Å². The Morgan fingerprint density at radius 3 is 2.75 bits per heavy atom. The first-order valence-corrected chi connectivity index (χ1v) is 6.56. The normalized spacial score (nSPS) is 10.7. The number of hydrogen-bond acceptors (Lipinski definition) is 4. The maximum Gasteiger partial charge on any atom is 0.220 e. The van der Waals surface area contributed by atoms with Crippen molar-refractivity contribution < 1.29 is 4.79 Å². The van der Waals surface area contributed by atoms with E-state index in [9.17, 15) is 4.79 Å². The third-order valence-electron chi connectivity index (χ3n) is 2.43. The maximum absolute atomic E-state index is 11.7. The number of carbonyl (C=O) groups is 1. The molecule has 1 aromatic rings. The lowest BCUT2D eigenvalue weighted by molar-refractivity contribution is 0.108. The average molecular weight is 238 g/mol. The minimum Gasteiger partial charge on any atom is -0.303 e. The Morgan fingerprint density at radius 1 is 1.44 bits per heavy atom. The minimum atomic E-state index is 0.111. The lowest BCUT2D eigenvalue weighted by Gasteiger charge is -2.16. The van der Waals surface area contributed by atoms with Gasteiger partial charge in [-0.15, -0.1) is 0 Å². The van der Waals surface area contributed by atoms with Gasteiger partial charge in [-0.05, 0) is 25.2 Å². The minimum absolute atomic E-state index is 0.111. The molecule has 0 aliphatic carbocycles. The van der Waals surface area contributed by atoms with Crippen LogP contribution in [0.5, 0.6) is 0 Å². The zero-order chi connectivity index (χ0) is 11.8. The van der Waals surface area contributed by atoms with E-state index in [4.69, 9.17) is 0 Å². The molecule has 16 heavy (non-hydrogen) atoms. The molecule has 0 atom stereocenters. The van der Waals surface area contributed by atoms with Gasteiger partial charge in [-0.25, -0.2) is 0 Å². The molecule has 4 heteroatoms. The molecule has 3 nitrogen and oxygen atoms in total. The van der Waals surface area contributed by atoms with Gasteiger partial charge in [0, 0.05) is 30.3 Å². The molecular weight excluding hydrogens is 220 g/mol. The molecule has 0 saturated heterocycles. The Hall–Kier alpha value is -0.870. The van der Waals surface area contributed by atoms with Crippen molar-refractivity contribution in [3.8, 4) is 0 Å². The number of aromatic nitrogens is 1. The number of rotatable bonds is 6. The summed E-state index contributed by atoms with van der Waals surface area (Å²) in [6.45, 7) is 7.31. The van der Waals surface area contributed by atoms with E-state index in [1.54, 1.807) is 24.5 Å². The van der Waals surface area contributed by atoms with Gasteiger partial charge in [0.25, 0.3) is 0 Å². The fourth-order valence-corrected chi connectivity index (χ4v) is 2.20. The highest BCUT2D eigenvalue weighted by Crippen LogP contribution is 2.11. The molecule has 0 fully saturated rings. The van der Waals surface area contributed by atoms with Crippen LogP contribution in [0.4, 0.5) is 0 Å². The van der Waals surface area contributed by atoms with Gasteiger partial charge < -0.3 is 4.90 Å². The van der Waals surface area contributed by atoms with Crippen molar-refractivity contribution in [2.45, 2.75) is 13.8 Å². The van der Waals surface area contributed by atoms with Gasteiger partial charge in [-0.3, -0.25) is 9.78 Å². The van der Waals surface area contributed by atoms with Gasteiger partial charge in [-0.2, -0.15) is 0 Å². The van der Waals surface area contributed by atoms with Gasteiger partial charge in [0.05, 0.1) is 0 Å². The molecule has 1 aromatic heterocycles. The van der Waals surface area contributed by atoms with Gasteiger partial charge in [0.15, 0.2) is 0 Å². The van der Waals surface area contributed by atoms with Crippen LogP contribution in [0.1, 0.15) is 24.2 Å². The highest BCUT2D eigenvalue weighted by atomic mass is 32.2. The smallest absolute Gasteiger partial charge is 0.220 e. The first kappa shape index (κ1) is 13.2. The zero-order valence-corrected chi connectivity index (χ0v) is 10.7. The molecular formula is C12H18N2OS. The second kappa shape index (κ2) is 7.41. The van der Waals surface area contributed by atoms with Crippen molar-refractivity contribution in [2.24, 2.45) is 0 Å². The van der Waals surface area contributed by atoms with Crippen LogP contribution in [0.2, 0.25) is 0 Å². The van der Waals surface area contributed by atoms with Crippen LogP contribution in [-0.2, 0) is 0 Å². The van der Waals surface area contributed by atoms with Crippen LogP contribution >= 0.6 is 11.8 Å². The summed E-state index contributed by atoms with van der Waals surface area (Å²) in [6, 6.07) is 3.60. The number of pyridine rings is 1. The van der Waals surface area contributed by atoms with Gasteiger partial charge in [0.2, 0.25) is 5.12 Å². The third-order valence-corrected chi connectivity index (χ3v) is 3.32. The molecule has 0 aliphatic heterocycles. The van der Waals surface area contributed by atoms with Crippen molar-refractivity contribution in [1.29, 1.82) is 0 Å². The van der Waals surface area contributed by atoms with Crippen molar-refractivity contribution in [3.05, 3.63) is 30.1 Å². The number of thioether (sulfide) groups is 1. The molecule has 0 amide bonds. The summed E-state index contributed by atoms with van der Waals surface area (Å²) in [6.07, 6.45) is 3.30. The van der Waals surface area contributed by atoms with E-state index < -0.39 is 0 Å². The number of carbonyl (C=O) groups excluding carboxylic acids is 1. The summed E-state index contributed by atoms with van der Waals surface area (Å²) in [5.74, 6) is 0.843. The highest BCUT2D eigenvalue weighted by molar-refractivity contribution is 8.14. The summed E-state index contributed by atoms with van der Waals surface area (Å²) in [5.41, 5.74) is 0.687. The van der Waals surface area contributed by atoms with Gasteiger partial charge in [-0.1, -0.05) is 25.6 Å². The van der Waals surface area contributed by atoms with Crippen LogP contribution in [-0.4, -0.2) is 40.4 Å². The van der Waals surface area contributed by atoms with Crippen LogP contribution in [0.25, 0.3) is 0 Å². The highest BCUT2D eigenvalue weighted by Gasteiger charge is 2.07. The fraction of sp³-hybridized carbons (Fsp3) is 0.500. The summed E-state index contributed by atoms with van der Waals surface area (Å²) in [5, 5.41) is 0.111. The molecule has 0 N–H and O–H groups in total. The van der Waals surface area contributed by atoms with Crippen LogP contribution in [0.15, 0.2) is 24.5 Å². The second-order valence-corrected chi connectivity index (χ2v) is 4.47. The molecule has 0 radical (unpaired) electrons. The maximum atomic E-state index is 11.7. The van der Waals surface area contributed by atoms with Crippen molar-refractivity contribution in [3.63, 3.8) is 0 Å². The predicted molar refractivity (Wildman–Crippen MR) is 68.8 cm³/mol. The summed E-state index contributed by atoms with van der Waals surface area (Å²) in [7, 11) is 0. The van der Waals surface area contributed by atoms with Gasteiger partial charge in [0.1, 0.15) is 0 Å². The monoisotopic (exact) mass is 238 g/mol. The predicted octanol–water partition coefficient (Wildman–Crippen LogP) is 2.30. The standard InChI is InChI=1S/C12H18N2OS/c1-3-14(4-2)8-9-16-12(15)11-6-5-7-13-10-11/h5-7,10H,3-4,8-9H2,1-2H3. The molecule has 0 spiro atoms. The van der Waals surface area contributed by atoms with Crippen LogP contribution < -0.4 is 0 Å². The largest absolute Gasteiger partial charge is 0.303 e. The Balaban J connectivity index is 2.31. The SMILES string of the molecule is CCN(CC)CCSC(=O)c1cccnc1. The van der Waals surface area contributed by atoms with Crippen molar-refractivity contribution in [1.82, 2.24) is 9.88 Å². The van der Waals surface area contributed by atoms with E-state index in [2.05, 4.69) is 23.7 Å². The lowest BCUT2D eigenvalue weighted by Crippen LogP contribution is -2.25. The van der Waals surface area contributed by atoms with E-state index in [0.29, 0.717) is 5.56 Å². The molecule has 1 heterocycles. The zero-order valence-electron chi connectivity index (χ0n) is 9.85. The van der Waals surface area contributed by atoms with Crippen LogP contribution in [0, 0.1) is 0 Å². The van der Waals surface area contributed by atoms with E-state index in [0.717, 1.165) is 25.4 Å². The number of hydrogen-bond donors (Lipinski definition) is 0. The molecule has 0 aromatic carbocycles. The first-order valence-electron chi connectivity index (χ1n) is 5.57. The fourth-order valence-electron chi connectivity index (χ4n) is 1.37. The quantitative estimate of drug-likeness (QED) is 0.761. The topological polar surface area (TPSA) is 33.2 Å². The third kappa shape index (κ3) is 4.33. The molecule has 0 aliphatic rings. The Kier molecular flexibility index (Phi) is 6.11. The van der Waals surface area contributed by atoms with E-state index >= 15 is 0 Å². The Labute approximate surface area is 101 Å². The lowest BCUT2D eigenvalue weighted by atomic mass is 10.3. The summed E-state index contributed by atoms with van der Waals surface area (Å²) < 4.78 is 0. The average Bonchev–Trinajstić information content (AvgIpc) is 2.35. The first-order chi connectivity index (χ1) is 7.77. The van der Waals surface area contributed by atoms with E-state index in [1.807, 2.05) is 0 Å². The van der Waals surface area contributed by atoms with Gasteiger partial charge >= 0.3 is 0 Å². The molecule has 1 rings (SSSR count). The summed E-state index contributed by atoms with van der Waals surface area (Å²) in [4.78, 5) is 18.0. The van der Waals surface area contributed by atoms with Crippen molar-refractivity contribution in [2.75, 3.05) is 25.4 Å². The molecule has 0 saturated carbocycles.